The molecule has 3 heterocycles. The quantitative estimate of drug-likeness (QED) is 0.775. The molecule has 0 aliphatic carbocycles. The van der Waals surface area contributed by atoms with Crippen LogP contribution in [0.15, 0.2) is 23.1 Å². The molecule has 1 atom stereocenters. The van der Waals surface area contributed by atoms with Gasteiger partial charge in [-0.15, -0.1) is 0 Å². The number of fused-ring (bicyclic) bond motifs is 1. The van der Waals surface area contributed by atoms with Crippen LogP contribution in [-0.4, -0.2) is 43.7 Å². The van der Waals surface area contributed by atoms with Crippen LogP contribution in [0, 0.1) is 0 Å². The predicted molar refractivity (Wildman–Crippen MR) is 63.6 cm³/mol. The summed E-state index contributed by atoms with van der Waals surface area (Å²) in [6.45, 7) is 0.782. The molecular formula is C11H12N4O3. The highest BCUT2D eigenvalue weighted by molar-refractivity contribution is 5.70. The van der Waals surface area contributed by atoms with E-state index in [9.17, 15) is 9.59 Å². The van der Waals surface area contributed by atoms with Crippen molar-refractivity contribution in [1.82, 2.24) is 19.4 Å². The van der Waals surface area contributed by atoms with Crippen molar-refractivity contribution in [2.24, 2.45) is 0 Å². The Morgan fingerprint density at radius 1 is 1.56 bits per heavy atom. The first kappa shape index (κ1) is 10.8. The zero-order valence-corrected chi connectivity index (χ0v) is 9.54. The number of amides is 1. The van der Waals surface area contributed by atoms with Gasteiger partial charge in [0.05, 0.1) is 11.6 Å². The summed E-state index contributed by atoms with van der Waals surface area (Å²) in [5.74, 6) is 0. The molecule has 2 N–H and O–H groups in total. The molecule has 94 valence electrons. The van der Waals surface area contributed by atoms with E-state index < -0.39 is 6.09 Å². The minimum Gasteiger partial charge on any atom is -0.465 e. The van der Waals surface area contributed by atoms with E-state index in [1.807, 2.05) is 0 Å². The Kier molecular flexibility index (Phi) is 2.32. The maximum absolute atomic E-state index is 11.9. The number of hydrogen-bond donors (Lipinski definition) is 2. The van der Waals surface area contributed by atoms with Gasteiger partial charge in [0, 0.05) is 19.3 Å². The van der Waals surface area contributed by atoms with Gasteiger partial charge in [0.1, 0.15) is 0 Å². The van der Waals surface area contributed by atoms with Gasteiger partial charge in [-0.25, -0.2) is 14.6 Å². The van der Waals surface area contributed by atoms with Crippen molar-refractivity contribution >= 4 is 17.3 Å². The van der Waals surface area contributed by atoms with E-state index in [1.54, 1.807) is 22.9 Å². The summed E-state index contributed by atoms with van der Waals surface area (Å²) in [7, 11) is 0. The fourth-order valence-electron chi connectivity index (χ4n) is 2.42. The Bertz CT molecular complexity index is 660. The Balaban J connectivity index is 2.03. The number of carbonyl (C=O) groups is 1. The maximum Gasteiger partial charge on any atom is 0.407 e. The molecule has 0 spiro atoms. The van der Waals surface area contributed by atoms with Gasteiger partial charge in [-0.05, 0) is 18.6 Å². The largest absolute Gasteiger partial charge is 0.465 e. The molecular weight excluding hydrogens is 236 g/mol. The highest BCUT2D eigenvalue weighted by Gasteiger charge is 2.29. The molecule has 0 bridgehead atoms. The third-order valence-corrected chi connectivity index (χ3v) is 3.27. The maximum atomic E-state index is 11.9. The summed E-state index contributed by atoms with van der Waals surface area (Å²) < 4.78 is 1.55. The average Bonchev–Trinajstić information content (AvgIpc) is 2.91. The fraction of sp³-hybridized carbons (Fsp3) is 0.364. The number of hydrogen-bond acceptors (Lipinski definition) is 3. The Labute approximate surface area is 102 Å². The van der Waals surface area contributed by atoms with E-state index in [0.29, 0.717) is 30.7 Å². The number of pyridine rings is 1. The molecule has 7 heteroatoms. The second kappa shape index (κ2) is 3.86. The summed E-state index contributed by atoms with van der Waals surface area (Å²) in [5.41, 5.74) is 1.02. The molecule has 0 aromatic carbocycles. The molecule has 3 rings (SSSR count). The van der Waals surface area contributed by atoms with Crippen molar-refractivity contribution in [3.05, 3.63) is 28.8 Å². The van der Waals surface area contributed by atoms with E-state index in [-0.39, 0.29) is 11.7 Å². The minimum absolute atomic E-state index is 0.141. The number of nitrogens with one attached hydrogen (secondary N) is 1. The van der Waals surface area contributed by atoms with Crippen molar-refractivity contribution in [2.45, 2.75) is 12.5 Å². The van der Waals surface area contributed by atoms with E-state index in [2.05, 4.69) is 9.97 Å². The smallest absolute Gasteiger partial charge is 0.407 e. The van der Waals surface area contributed by atoms with Crippen LogP contribution in [0.5, 0.6) is 0 Å². The molecule has 1 fully saturated rings. The zero-order chi connectivity index (χ0) is 12.7. The van der Waals surface area contributed by atoms with Gasteiger partial charge in [-0.1, -0.05) is 0 Å². The van der Waals surface area contributed by atoms with Crippen molar-refractivity contribution in [3.63, 3.8) is 0 Å². The summed E-state index contributed by atoms with van der Waals surface area (Å²) in [6.07, 6.45) is 1.31. The van der Waals surface area contributed by atoms with Gasteiger partial charge in [0.2, 0.25) is 0 Å². The molecule has 7 nitrogen and oxygen atoms in total. The highest BCUT2D eigenvalue weighted by Crippen LogP contribution is 2.22. The van der Waals surface area contributed by atoms with Gasteiger partial charge in [0.15, 0.2) is 5.65 Å². The lowest BCUT2D eigenvalue weighted by Gasteiger charge is -2.13. The molecule has 1 amide bonds. The zero-order valence-electron chi connectivity index (χ0n) is 9.54. The fourth-order valence-corrected chi connectivity index (χ4v) is 2.42. The Morgan fingerprint density at radius 3 is 3.11 bits per heavy atom. The Morgan fingerprint density at radius 2 is 2.39 bits per heavy atom. The van der Waals surface area contributed by atoms with Gasteiger partial charge in [0.25, 0.3) is 0 Å². The summed E-state index contributed by atoms with van der Waals surface area (Å²) in [4.78, 5) is 31.0. The molecule has 1 aliphatic rings. The lowest BCUT2D eigenvalue weighted by Crippen LogP contribution is -2.29. The third-order valence-electron chi connectivity index (χ3n) is 3.27. The van der Waals surface area contributed by atoms with E-state index >= 15 is 0 Å². The first-order valence-electron chi connectivity index (χ1n) is 5.70. The lowest BCUT2D eigenvalue weighted by atomic mass is 10.2. The SMILES string of the molecule is O=C(O)N1CC[C@H](n2c(=O)[nH]c3cccnc32)C1. The van der Waals surface area contributed by atoms with Crippen LogP contribution in [0.1, 0.15) is 12.5 Å². The number of likely N-dealkylation sites (tertiary alicyclic amines) is 1. The van der Waals surface area contributed by atoms with Crippen LogP contribution in [0.25, 0.3) is 11.2 Å². The van der Waals surface area contributed by atoms with Crippen LogP contribution in [-0.2, 0) is 0 Å². The number of aromatic nitrogens is 3. The summed E-state index contributed by atoms with van der Waals surface area (Å²) >= 11 is 0. The predicted octanol–water partition coefficient (Wildman–Crippen LogP) is 0.649. The van der Waals surface area contributed by atoms with E-state index in [0.717, 1.165) is 0 Å². The molecule has 0 unspecified atom stereocenters. The van der Waals surface area contributed by atoms with Crippen molar-refractivity contribution in [2.75, 3.05) is 13.1 Å². The molecule has 2 aromatic rings. The molecule has 1 aliphatic heterocycles. The topological polar surface area (TPSA) is 91.2 Å². The summed E-state index contributed by atoms with van der Waals surface area (Å²) in [6, 6.07) is 3.39. The standard InChI is InChI=1S/C11H12N4O3/c16-10-13-8-2-1-4-12-9(8)15(10)7-3-5-14(6-7)11(17)18/h1-2,4,7H,3,5-6H2,(H,13,16)(H,17,18)/t7-/m0/s1. The van der Waals surface area contributed by atoms with Crippen LogP contribution in [0.2, 0.25) is 0 Å². The number of H-pyrrole nitrogens is 1. The van der Waals surface area contributed by atoms with Gasteiger partial charge in [-0.2, -0.15) is 0 Å². The van der Waals surface area contributed by atoms with Gasteiger partial charge < -0.3 is 15.0 Å². The monoisotopic (exact) mass is 248 g/mol. The Hall–Kier alpha value is -2.31. The van der Waals surface area contributed by atoms with Gasteiger partial charge >= 0.3 is 11.8 Å². The number of nitrogens with zero attached hydrogens (tertiary/aromatic N) is 3. The normalized spacial score (nSPS) is 19.6. The van der Waals surface area contributed by atoms with Crippen molar-refractivity contribution < 1.29 is 9.90 Å². The average molecular weight is 248 g/mol. The van der Waals surface area contributed by atoms with Crippen molar-refractivity contribution in [3.8, 4) is 0 Å². The minimum atomic E-state index is -0.946. The molecule has 0 saturated carbocycles. The van der Waals surface area contributed by atoms with E-state index in [1.165, 1.54) is 4.90 Å². The molecule has 2 aromatic heterocycles. The third kappa shape index (κ3) is 1.55. The molecule has 0 radical (unpaired) electrons. The number of aromatic amines is 1. The lowest BCUT2D eigenvalue weighted by molar-refractivity contribution is 0.154. The van der Waals surface area contributed by atoms with Crippen LogP contribution in [0.3, 0.4) is 0 Å². The first-order valence-corrected chi connectivity index (χ1v) is 5.70. The molecule has 1 saturated heterocycles. The summed E-state index contributed by atoms with van der Waals surface area (Å²) in [5, 5.41) is 8.93. The molecule has 18 heavy (non-hydrogen) atoms. The number of carboxylic acid groups (broad SMARTS) is 1. The first-order chi connectivity index (χ1) is 8.66. The highest BCUT2D eigenvalue weighted by atomic mass is 16.4. The van der Waals surface area contributed by atoms with E-state index in [4.69, 9.17) is 5.11 Å². The van der Waals surface area contributed by atoms with Crippen LogP contribution >= 0.6 is 0 Å². The second-order valence-electron chi connectivity index (χ2n) is 4.35. The van der Waals surface area contributed by atoms with Crippen LogP contribution < -0.4 is 5.69 Å². The van der Waals surface area contributed by atoms with Crippen LogP contribution in [0.4, 0.5) is 4.79 Å². The number of rotatable bonds is 1. The number of imidazole rings is 1. The second-order valence-corrected chi connectivity index (χ2v) is 4.35. The van der Waals surface area contributed by atoms with Gasteiger partial charge in [-0.3, -0.25) is 4.57 Å². The van der Waals surface area contributed by atoms with Crippen molar-refractivity contribution in [1.29, 1.82) is 0 Å².